The predicted octanol–water partition coefficient (Wildman–Crippen LogP) is 4.20. The lowest BCUT2D eigenvalue weighted by Crippen LogP contribution is -2.28. The first-order valence-electron chi connectivity index (χ1n) is 9.17. The first-order chi connectivity index (χ1) is 15.0. The molecule has 0 spiro atoms. The SMILES string of the molecule is COC(=O)c1ccccc1NC(=O)Cn1cnc2c(-c3ccc(Cl)cc3)csc2c1=O. The van der Waals surface area contributed by atoms with E-state index in [2.05, 4.69) is 10.3 Å². The van der Waals surface area contributed by atoms with Crippen LogP contribution in [-0.4, -0.2) is 28.5 Å². The summed E-state index contributed by atoms with van der Waals surface area (Å²) >= 11 is 7.22. The van der Waals surface area contributed by atoms with Gasteiger partial charge in [-0.3, -0.25) is 14.2 Å². The predicted molar refractivity (Wildman–Crippen MR) is 121 cm³/mol. The zero-order chi connectivity index (χ0) is 22.0. The maximum atomic E-state index is 12.9. The lowest BCUT2D eigenvalue weighted by Gasteiger charge is -2.10. The van der Waals surface area contributed by atoms with Crippen LogP contribution in [0.3, 0.4) is 0 Å². The number of methoxy groups -OCH3 is 1. The third-order valence-corrected chi connectivity index (χ3v) is 5.83. The number of ether oxygens (including phenoxy) is 1. The molecule has 31 heavy (non-hydrogen) atoms. The summed E-state index contributed by atoms with van der Waals surface area (Å²) in [6, 6.07) is 13.8. The Balaban J connectivity index is 1.59. The average molecular weight is 454 g/mol. The highest BCUT2D eigenvalue weighted by molar-refractivity contribution is 7.17. The highest BCUT2D eigenvalue weighted by Crippen LogP contribution is 2.31. The van der Waals surface area contributed by atoms with Crippen LogP contribution in [0.5, 0.6) is 0 Å². The van der Waals surface area contributed by atoms with E-state index in [-0.39, 0.29) is 17.7 Å². The van der Waals surface area contributed by atoms with Gasteiger partial charge in [-0.15, -0.1) is 11.3 Å². The van der Waals surface area contributed by atoms with Crippen LogP contribution in [0.4, 0.5) is 5.69 Å². The number of amides is 1. The van der Waals surface area contributed by atoms with Crippen molar-refractivity contribution in [1.82, 2.24) is 9.55 Å². The summed E-state index contributed by atoms with van der Waals surface area (Å²) in [6.07, 6.45) is 1.35. The molecule has 0 aliphatic rings. The molecule has 0 aliphatic heterocycles. The summed E-state index contributed by atoms with van der Waals surface area (Å²) in [7, 11) is 1.26. The molecule has 0 fully saturated rings. The van der Waals surface area contributed by atoms with Crippen molar-refractivity contribution in [2.24, 2.45) is 0 Å². The normalized spacial score (nSPS) is 10.8. The molecule has 1 N–H and O–H groups in total. The number of aromatic nitrogens is 2. The number of hydrogen-bond donors (Lipinski definition) is 1. The van der Waals surface area contributed by atoms with Crippen molar-refractivity contribution in [1.29, 1.82) is 0 Å². The average Bonchev–Trinajstić information content (AvgIpc) is 3.21. The molecule has 9 heteroatoms. The number of carbonyl (C=O) groups excluding carboxylic acids is 2. The standard InChI is InChI=1S/C22H16ClN3O4S/c1-30-22(29)15-4-2-3-5-17(15)25-18(27)10-26-12-24-19-16(11-31-20(19)21(26)28)13-6-8-14(23)9-7-13/h2-9,11-12H,10H2,1H3,(H,25,27). The van der Waals surface area contributed by atoms with E-state index < -0.39 is 11.9 Å². The molecule has 0 saturated carbocycles. The molecule has 0 aliphatic carbocycles. The van der Waals surface area contributed by atoms with Gasteiger partial charge in [0.05, 0.1) is 30.2 Å². The number of rotatable bonds is 5. The van der Waals surface area contributed by atoms with Crippen molar-refractivity contribution in [2.45, 2.75) is 6.54 Å². The molecule has 0 unspecified atom stereocenters. The number of esters is 1. The number of benzene rings is 2. The highest BCUT2D eigenvalue weighted by atomic mass is 35.5. The quantitative estimate of drug-likeness (QED) is 0.457. The van der Waals surface area contributed by atoms with Crippen molar-refractivity contribution >= 4 is 50.7 Å². The molecule has 0 radical (unpaired) electrons. The lowest BCUT2D eigenvalue weighted by molar-refractivity contribution is -0.116. The fourth-order valence-corrected chi connectivity index (χ4v) is 4.22. The summed E-state index contributed by atoms with van der Waals surface area (Å²) in [5.41, 5.74) is 2.53. The third kappa shape index (κ3) is 4.21. The van der Waals surface area contributed by atoms with Gasteiger partial charge in [-0.1, -0.05) is 35.9 Å². The van der Waals surface area contributed by atoms with Crippen LogP contribution in [0.1, 0.15) is 10.4 Å². The maximum absolute atomic E-state index is 12.9. The van der Waals surface area contributed by atoms with Gasteiger partial charge in [-0.2, -0.15) is 0 Å². The summed E-state index contributed by atoms with van der Waals surface area (Å²) in [5.74, 6) is -1.03. The maximum Gasteiger partial charge on any atom is 0.339 e. The Labute approximate surface area is 185 Å². The molecule has 2 aromatic heterocycles. The van der Waals surface area contributed by atoms with Crippen LogP contribution in [-0.2, 0) is 16.1 Å². The van der Waals surface area contributed by atoms with Crippen molar-refractivity contribution in [3.8, 4) is 11.1 Å². The molecule has 0 saturated heterocycles. The Morgan fingerprint density at radius 2 is 1.90 bits per heavy atom. The van der Waals surface area contributed by atoms with Crippen molar-refractivity contribution in [2.75, 3.05) is 12.4 Å². The molecule has 4 aromatic rings. The largest absolute Gasteiger partial charge is 0.465 e. The monoisotopic (exact) mass is 453 g/mol. The zero-order valence-corrected chi connectivity index (χ0v) is 17.9. The fourth-order valence-electron chi connectivity index (χ4n) is 3.11. The van der Waals surface area contributed by atoms with Crippen LogP contribution >= 0.6 is 22.9 Å². The van der Waals surface area contributed by atoms with E-state index in [0.29, 0.717) is 20.9 Å². The summed E-state index contributed by atoms with van der Waals surface area (Å²) < 4.78 is 6.42. The molecule has 2 aromatic carbocycles. The van der Waals surface area contributed by atoms with E-state index in [9.17, 15) is 14.4 Å². The smallest absolute Gasteiger partial charge is 0.339 e. The highest BCUT2D eigenvalue weighted by Gasteiger charge is 2.16. The number of fused-ring (bicyclic) bond motifs is 1. The van der Waals surface area contributed by atoms with Gasteiger partial charge in [-0.25, -0.2) is 9.78 Å². The van der Waals surface area contributed by atoms with Crippen molar-refractivity contribution in [3.63, 3.8) is 0 Å². The number of anilines is 1. The third-order valence-electron chi connectivity index (χ3n) is 4.62. The molecule has 4 rings (SSSR count). The Bertz CT molecular complexity index is 1350. The van der Waals surface area contributed by atoms with E-state index in [4.69, 9.17) is 16.3 Å². The number of nitrogens with zero attached hydrogens (tertiary/aromatic N) is 2. The number of carbonyl (C=O) groups is 2. The minimum atomic E-state index is -0.565. The van der Waals surface area contributed by atoms with E-state index >= 15 is 0 Å². The van der Waals surface area contributed by atoms with Gasteiger partial charge in [0.25, 0.3) is 5.56 Å². The molecule has 7 nitrogen and oxygen atoms in total. The van der Waals surface area contributed by atoms with Gasteiger partial charge in [0, 0.05) is 16.0 Å². The van der Waals surface area contributed by atoms with Crippen LogP contribution in [0, 0.1) is 0 Å². The number of para-hydroxylation sites is 1. The molecule has 1 amide bonds. The molecular weight excluding hydrogens is 438 g/mol. The fraction of sp³-hybridized carbons (Fsp3) is 0.0909. The van der Waals surface area contributed by atoms with Gasteiger partial charge >= 0.3 is 5.97 Å². The van der Waals surface area contributed by atoms with Crippen LogP contribution in [0.25, 0.3) is 21.3 Å². The summed E-state index contributed by atoms with van der Waals surface area (Å²) in [5, 5.41) is 5.13. The second-order valence-electron chi connectivity index (χ2n) is 6.60. The number of hydrogen-bond acceptors (Lipinski definition) is 6. The Morgan fingerprint density at radius 1 is 1.16 bits per heavy atom. The van der Waals surface area contributed by atoms with E-state index in [1.54, 1.807) is 36.4 Å². The summed E-state index contributed by atoms with van der Waals surface area (Å²) in [4.78, 5) is 41.7. The van der Waals surface area contributed by atoms with Crippen molar-refractivity contribution in [3.05, 3.63) is 81.2 Å². The number of halogens is 1. The Hall–Kier alpha value is -3.49. The lowest BCUT2D eigenvalue weighted by atomic mass is 10.1. The van der Waals surface area contributed by atoms with E-state index in [1.807, 2.05) is 17.5 Å². The Morgan fingerprint density at radius 3 is 2.65 bits per heavy atom. The Kier molecular flexibility index (Phi) is 5.83. The van der Waals surface area contributed by atoms with Gasteiger partial charge < -0.3 is 10.1 Å². The van der Waals surface area contributed by atoms with Crippen LogP contribution in [0.2, 0.25) is 5.02 Å². The molecule has 156 valence electrons. The first kappa shape index (κ1) is 20.8. The van der Waals surface area contributed by atoms with Crippen molar-refractivity contribution < 1.29 is 14.3 Å². The minimum Gasteiger partial charge on any atom is -0.465 e. The topological polar surface area (TPSA) is 90.3 Å². The van der Waals surface area contributed by atoms with Gasteiger partial charge in [0.2, 0.25) is 5.91 Å². The van der Waals surface area contributed by atoms with Gasteiger partial charge in [-0.05, 0) is 29.8 Å². The molecular formula is C22H16ClN3O4S. The molecule has 0 bridgehead atoms. The van der Waals surface area contributed by atoms with E-state index in [1.165, 1.54) is 29.3 Å². The van der Waals surface area contributed by atoms with Gasteiger partial charge in [0.1, 0.15) is 11.2 Å². The van der Waals surface area contributed by atoms with Gasteiger partial charge in [0.15, 0.2) is 0 Å². The molecule has 2 heterocycles. The first-order valence-corrected chi connectivity index (χ1v) is 10.4. The second-order valence-corrected chi connectivity index (χ2v) is 7.91. The number of thiophene rings is 1. The molecule has 0 atom stereocenters. The number of nitrogens with one attached hydrogen (secondary N) is 1. The zero-order valence-electron chi connectivity index (χ0n) is 16.3. The minimum absolute atomic E-state index is 0.227. The second kappa shape index (κ2) is 8.71. The van der Waals surface area contributed by atoms with Crippen LogP contribution in [0.15, 0.2) is 65.0 Å². The van der Waals surface area contributed by atoms with Crippen LogP contribution < -0.4 is 10.9 Å². The summed E-state index contributed by atoms with van der Waals surface area (Å²) in [6.45, 7) is -0.245. The van der Waals surface area contributed by atoms with E-state index in [0.717, 1.165) is 11.1 Å².